The summed E-state index contributed by atoms with van der Waals surface area (Å²) in [6.45, 7) is 5.42. The van der Waals surface area contributed by atoms with Crippen LogP contribution in [0.4, 0.5) is 4.39 Å². The molecule has 0 heterocycles. The maximum atomic E-state index is 13.1. The lowest BCUT2D eigenvalue weighted by Crippen LogP contribution is -2.31. The van der Waals surface area contributed by atoms with E-state index in [-0.39, 0.29) is 10.8 Å². The Labute approximate surface area is 121 Å². The lowest BCUT2D eigenvalue weighted by molar-refractivity contribution is 0.456. The van der Waals surface area contributed by atoms with E-state index in [1.807, 2.05) is 6.07 Å². The molecule has 1 atom stereocenters. The molecule has 3 heteroatoms. The van der Waals surface area contributed by atoms with Crippen molar-refractivity contribution in [3.05, 3.63) is 34.6 Å². The fourth-order valence-electron chi connectivity index (χ4n) is 2.22. The summed E-state index contributed by atoms with van der Waals surface area (Å²) in [6, 6.07) is 5.51. The second-order valence-corrected chi connectivity index (χ2v) is 5.51. The van der Waals surface area contributed by atoms with Crippen molar-refractivity contribution in [1.82, 2.24) is 5.32 Å². The molecule has 0 saturated carbocycles. The van der Waals surface area contributed by atoms with Gasteiger partial charge in [0.05, 0.1) is 5.02 Å². The van der Waals surface area contributed by atoms with E-state index in [4.69, 9.17) is 11.6 Å². The molecular weight excluding hydrogens is 261 g/mol. The predicted octanol–water partition coefficient (Wildman–Crippen LogP) is 4.97. The summed E-state index contributed by atoms with van der Waals surface area (Å²) in [6.07, 6.45) is 6.98. The van der Waals surface area contributed by atoms with Gasteiger partial charge in [0.1, 0.15) is 5.82 Å². The first-order valence-electron chi connectivity index (χ1n) is 7.34. The fraction of sp³-hybridized carbons (Fsp3) is 0.625. The number of nitrogens with one attached hydrogen (secondary N) is 1. The van der Waals surface area contributed by atoms with Gasteiger partial charge in [0.25, 0.3) is 0 Å². The van der Waals surface area contributed by atoms with E-state index in [0.29, 0.717) is 6.04 Å². The van der Waals surface area contributed by atoms with Gasteiger partial charge >= 0.3 is 0 Å². The van der Waals surface area contributed by atoms with Crippen LogP contribution in [0.5, 0.6) is 0 Å². The summed E-state index contributed by atoms with van der Waals surface area (Å²) in [5.74, 6) is -0.338. The Kier molecular flexibility index (Phi) is 8.08. The SMILES string of the molecule is CCCCCC(Cc1ccc(F)c(Cl)c1)NCCC. The Morgan fingerprint density at radius 2 is 2.00 bits per heavy atom. The van der Waals surface area contributed by atoms with Crippen LogP contribution in [0.3, 0.4) is 0 Å². The first-order chi connectivity index (χ1) is 9.17. The van der Waals surface area contributed by atoms with Crippen LogP contribution in [0.1, 0.15) is 51.5 Å². The summed E-state index contributed by atoms with van der Waals surface area (Å²) in [7, 11) is 0. The number of halogens is 2. The van der Waals surface area contributed by atoms with Crippen molar-refractivity contribution >= 4 is 11.6 Å². The van der Waals surface area contributed by atoms with E-state index in [9.17, 15) is 4.39 Å². The van der Waals surface area contributed by atoms with Crippen molar-refractivity contribution < 1.29 is 4.39 Å². The van der Waals surface area contributed by atoms with E-state index in [0.717, 1.165) is 24.9 Å². The molecule has 0 spiro atoms. The van der Waals surface area contributed by atoms with Crippen LogP contribution in [0.25, 0.3) is 0 Å². The van der Waals surface area contributed by atoms with E-state index in [2.05, 4.69) is 19.2 Å². The highest BCUT2D eigenvalue weighted by Gasteiger charge is 2.10. The Bertz CT molecular complexity index is 368. The van der Waals surface area contributed by atoms with Crippen LogP contribution in [-0.2, 0) is 6.42 Å². The third-order valence-electron chi connectivity index (χ3n) is 3.31. The average molecular weight is 286 g/mol. The standard InChI is InChI=1S/C16H25ClFN/c1-3-5-6-7-14(19-10-4-2)11-13-8-9-16(18)15(17)12-13/h8-9,12,14,19H,3-7,10-11H2,1-2H3. The number of hydrogen-bond acceptors (Lipinski definition) is 1. The largest absolute Gasteiger partial charge is 0.314 e. The minimum absolute atomic E-state index is 0.222. The molecule has 0 aliphatic carbocycles. The number of unbranched alkanes of at least 4 members (excludes halogenated alkanes) is 2. The average Bonchev–Trinajstić information content (AvgIpc) is 2.40. The van der Waals surface area contributed by atoms with E-state index >= 15 is 0 Å². The third kappa shape index (κ3) is 6.40. The first kappa shape index (κ1) is 16.5. The second kappa shape index (κ2) is 9.33. The lowest BCUT2D eigenvalue weighted by Gasteiger charge is -2.18. The molecule has 1 N–H and O–H groups in total. The van der Waals surface area contributed by atoms with Crippen LogP contribution in [0.15, 0.2) is 18.2 Å². The van der Waals surface area contributed by atoms with Crippen LogP contribution >= 0.6 is 11.6 Å². The second-order valence-electron chi connectivity index (χ2n) is 5.10. The van der Waals surface area contributed by atoms with Crippen molar-refractivity contribution in [2.24, 2.45) is 0 Å². The number of rotatable bonds is 9. The monoisotopic (exact) mass is 285 g/mol. The summed E-state index contributed by atoms with van der Waals surface area (Å²) in [5, 5.41) is 3.80. The zero-order chi connectivity index (χ0) is 14.1. The molecule has 0 fully saturated rings. The van der Waals surface area contributed by atoms with Crippen molar-refractivity contribution in [3.63, 3.8) is 0 Å². The van der Waals surface area contributed by atoms with E-state index < -0.39 is 0 Å². The van der Waals surface area contributed by atoms with Crippen LogP contribution in [-0.4, -0.2) is 12.6 Å². The molecule has 1 aromatic carbocycles. The molecule has 0 bridgehead atoms. The molecule has 19 heavy (non-hydrogen) atoms. The van der Waals surface area contributed by atoms with Gasteiger partial charge in [-0.3, -0.25) is 0 Å². The van der Waals surface area contributed by atoms with Crippen molar-refractivity contribution in [2.75, 3.05) is 6.54 Å². The molecule has 1 unspecified atom stereocenters. The normalized spacial score (nSPS) is 12.6. The molecular formula is C16H25ClFN. The Balaban J connectivity index is 2.56. The molecule has 0 radical (unpaired) electrons. The first-order valence-corrected chi connectivity index (χ1v) is 7.72. The maximum Gasteiger partial charge on any atom is 0.141 e. The van der Waals surface area contributed by atoms with Gasteiger partial charge in [-0.1, -0.05) is 50.8 Å². The smallest absolute Gasteiger partial charge is 0.141 e. The molecule has 0 aliphatic heterocycles. The zero-order valence-corrected chi connectivity index (χ0v) is 12.8. The van der Waals surface area contributed by atoms with Gasteiger partial charge in [0.2, 0.25) is 0 Å². The minimum Gasteiger partial charge on any atom is -0.314 e. The molecule has 1 nitrogen and oxygen atoms in total. The van der Waals surface area contributed by atoms with Crippen LogP contribution in [0.2, 0.25) is 5.02 Å². The molecule has 0 amide bonds. The van der Waals surface area contributed by atoms with Gasteiger partial charge in [-0.25, -0.2) is 4.39 Å². The van der Waals surface area contributed by atoms with Gasteiger partial charge in [-0.15, -0.1) is 0 Å². The Morgan fingerprint density at radius 1 is 1.21 bits per heavy atom. The minimum atomic E-state index is -0.338. The third-order valence-corrected chi connectivity index (χ3v) is 3.59. The predicted molar refractivity (Wildman–Crippen MR) is 81.3 cm³/mol. The molecule has 1 aromatic rings. The van der Waals surface area contributed by atoms with Gasteiger partial charge < -0.3 is 5.32 Å². The quantitative estimate of drug-likeness (QED) is 0.632. The van der Waals surface area contributed by atoms with Crippen LogP contribution in [0, 0.1) is 5.82 Å². The van der Waals surface area contributed by atoms with Crippen molar-refractivity contribution in [3.8, 4) is 0 Å². The highest BCUT2D eigenvalue weighted by Crippen LogP contribution is 2.18. The molecule has 1 rings (SSSR count). The Morgan fingerprint density at radius 3 is 2.63 bits per heavy atom. The van der Waals surface area contributed by atoms with Crippen molar-refractivity contribution in [2.45, 2.75) is 58.4 Å². The number of hydrogen-bond donors (Lipinski definition) is 1. The molecule has 0 aromatic heterocycles. The highest BCUT2D eigenvalue weighted by atomic mass is 35.5. The summed E-state index contributed by atoms with van der Waals surface area (Å²) < 4.78 is 13.1. The van der Waals surface area contributed by atoms with Gasteiger partial charge in [0, 0.05) is 6.04 Å². The fourth-order valence-corrected chi connectivity index (χ4v) is 2.42. The zero-order valence-electron chi connectivity index (χ0n) is 12.0. The molecule has 0 saturated heterocycles. The van der Waals surface area contributed by atoms with Crippen LogP contribution < -0.4 is 5.32 Å². The number of benzene rings is 1. The van der Waals surface area contributed by atoms with Gasteiger partial charge in [-0.2, -0.15) is 0 Å². The van der Waals surface area contributed by atoms with Gasteiger partial charge in [-0.05, 0) is 43.5 Å². The highest BCUT2D eigenvalue weighted by molar-refractivity contribution is 6.30. The molecule has 0 aliphatic rings. The lowest BCUT2D eigenvalue weighted by atomic mass is 10.00. The van der Waals surface area contributed by atoms with E-state index in [1.165, 1.54) is 31.7 Å². The topological polar surface area (TPSA) is 12.0 Å². The van der Waals surface area contributed by atoms with E-state index in [1.54, 1.807) is 6.07 Å². The van der Waals surface area contributed by atoms with Crippen molar-refractivity contribution in [1.29, 1.82) is 0 Å². The summed E-state index contributed by atoms with van der Waals surface area (Å²) >= 11 is 5.83. The maximum absolute atomic E-state index is 13.1. The molecule has 108 valence electrons. The van der Waals surface area contributed by atoms with Gasteiger partial charge in [0.15, 0.2) is 0 Å². The Hall–Kier alpha value is -0.600. The summed E-state index contributed by atoms with van der Waals surface area (Å²) in [5.41, 5.74) is 1.11. The summed E-state index contributed by atoms with van der Waals surface area (Å²) in [4.78, 5) is 0.